The highest BCUT2D eigenvalue weighted by atomic mass is 16.3. The maximum absolute atomic E-state index is 9.50. The summed E-state index contributed by atoms with van der Waals surface area (Å²) in [4.78, 5) is 13.0. The van der Waals surface area contributed by atoms with Gasteiger partial charge in [-0.15, -0.1) is 0 Å². The highest BCUT2D eigenvalue weighted by Crippen LogP contribution is 2.25. The van der Waals surface area contributed by atoms with Crippen LogP contribution in [0, 0.1) is 17.9 Å². The van der Waals surface area contributed by atoms with Crippen LogP contribution in [0.5, 0.6) is 0 Å². The van der Waals surface area contributed by atoms with Crippen LogP contribution >= 0.6 is 0 Å². The van der Waals surface area contributed by atoms with Crippen molar-refractivity contribution in [3.8, 4) is 6.07 Å². The molecular formula is C22H36N6O. The Morgan fingerprint density at radius 1 is 1.03 bits per heavy atom. The third-order valence-corrected chi connectivity index (χ3v) is 6.82. The van der Waals surface area contributed by atoms with Crippen molar-refractivity contribution >= 4 is 0 Å². The number of likely N-dealkylation sites (tertiary alicyclic amines) is 2. The molecule has 2 atom stereocenters. The number of hydrogen-bond acceptors (Lipinski definition) is 6. The summed E-state index contributed by atoms with van der Waals surface area (Å²) in [5.41, 5.74) is 0.228. The average Bonchev–Trinajstić information content (AvgIpc) is 3.45. The van der Waals surface area contributed by atoms with Gasteiger partial charge >= 0.3 is 5.70 Å². The van der Waals surface area contributed by atoms with Gasteiger partial charge in [0.2, 0.25) is 0 Å². The molecule has 7 nitrogen and oxygen atoms in total. The van der Waals surface area contributed by atoms with Gasteiger partial charge in [-0.2, -0.15) is 0 Å². The zero-order chi connectivity index (χ0) is 20.6. The predicted molar refractivity (Wildman–Crippen MR) is 114 cm³/mol. The predicted octanol–water partition coefficient (Wildman–Crippen LogP) is 1.94. The molecule has 0 aromatic heterocycles. The molecule has 3 saturated heterocycles. The number of nitriles is 1. The van der Waals surface area contributed by atoms with Crippen LogP contribution in [-0.4, -0.2) is 95.8 Å². The van der Waals surface area contributed by atoms with Gasteiger partial charge in [0, 0.05) is 51.4 Å². The first-order chi connectivity index (χ1) is 14.2. The number of aliphatic hydroxyl groups is 1. The van der Waals surface area contributed by atoms with E-state index in [-0.39, 0.29) is 12.3 Å². The van der Waals surface area contributed by atoms with Gasteiger partial charge in [-0.05, 0) is 58.5 Å². The van der Waals surface area contributed by atoms with Crippen LogP contribution in [0.1, 0.15) is 45.4 Å². The van der Waals surface area contributed by atoms with Gasteiger partial charge in [-0.25, -0.2) is 10.1 Å². The van der Waals surface area contributed by atoms with Crippen molar-refractivity contribution < 1.29 is 5.11 Å². The molecule has 1 N–H and O–H groups in total. The molecule has 29 heavy (non-hydrogen) atoms. The van der Waals surface area contributed by atoms with E-state index in [0.717, 1.165) is 70.9 Å². The minimum atomic E-state index is 0.228. The van der Waals surface area contributed by atoms with Crippen molar-refractivity contribution in [2.75, 3.05) is 59.0 Å². The van der Waals surface area contributed by atoms with Crippen molar-refractivity contribution in [1.29, 1.82) is 5.26 Å². The molecule has 0 aromatic carbocycles. The van der Waals surface area contributed by atoms with Crippen LogP contribution < -0.4 is 0 Å². The van der Waals surface area contributed by atoms with Crippen LogP contribution in [0.15, 0.2) is 11.5 Å². The van der Waals surface area contributed by atoms with E-state index in [1.54, 1.807) is 0 Å². The van der Waals surface area contributed by atoms with E-state index in [1.165, 1.54) is 25.8 Å². The number of allylic oxidation sites excluding steroid dienone is 1. The lowest BCUT2D eigenvalue weighted by atomic mass is 10.2. The average molecular weight is 401 g/mol. The Hall–Kier alpha value is -1.80. The molecule has 3 aliphatic rings. The van der Waals surface area contributed by atoms with Crippen LogP contribution in [-0.2, 0) is 0 Å². The Morgan fingerprint density at radius 2 is 1.66 bits per heavy atom. The second-order valence-corrected chi connectivity index (χ2v) is 8.62. The fraction of sp³-hybridized carbons (Fsp3) is 0.818. The van der Waals surface area contributed by atoms with E-state index < -0.39 is 0 Å². The number of hydrogen-bond donors (Lipinski definition) is 1. The van der Waals surface area contributed by atoms with E-state index in [2.05, 4.69) is 37.4 Å². The van der Waals surface area contributed by atoms with Crippen molar-refractivity contribution in [1.82, 2.24) is 19.6 Å². The van der Waals surface area contributed by atoms with Crippen molar-refractivity contribution in [2.45, 2.75) is 57.5 Å². The van der Waals surface area contributed by atoms with Crippen molar-refractivity contribution in [3.63, 3.8) is 0 Å². The Balaban J connectivity index is 1.53. The lowest BCUT2D eigenvalue weighted by Gasteiger charge is -2.28. The summed E-state index contributed by atoms with van der Waals surface area (Å²) in [5.74, 6) is 0.845. The zero-order valence-electron chi connectivity index (χ0n) is 17.9. The van der Waals surface area contributed by atoms with Gasteiger partial charge < -0.3 is 19.8 Å². The smallest absolute Gasteiger partial charge is 0.300 e. The first kappa shape index (κ1) is 21.9. The minimum Gasteiger partial charge on any atom is -0.395 e. The summed E-state index contributed by atoms with van der Waals surface area (Å²) in [5, 5.41) is 19.0. The molecule has 160 valence electrons. The molecule has 0 amide bonds. The van der Waals surface area contributed by atoms with Crippen LogP contribution in [0.2, 0.25) is 0 Å². The normalized spacial score (nSPS) is 27.4. The summed E-state index contributed by atoms with van der Waals surface area (Å²) in [7, 11) is 0. The van der Waals surface area contributed by atoms with Crippen LogP contribution in [0.3, 0.4) is 0 Å². The largest absolute Gasteiger partial charge is 0.395 e. The van der Waals surface area contributed by atoms with E-state index >= 15 is 0 Å². The number of nitrogens with zero attached hydrogens (tertiary/aromatic N) is 6. The lowest BCUT2D eigenvalue weighted by molar-refractivity contribution is 0.154. The zero-order valence-corrected chi connectivity index (χ0v) is 17.9. The molecular weight excluding hydrogens is 364 g/mol. The topological polar surface area (TPSA) is 61.3 Å². The lowest BCUT2D eigenvalue weighted by Crippen LogP contribution is -2.35. The van der Waals surface area contributed by atoms with E-state index in [4.69, 9.17) is 6.57 Å². The quantitative estimate of drug-likeness (QED) is 0.471. The minimum absolute atomic E-state index is 0.228. The van der Waals surface area contributed by atoms with Gasteiger partial charge in [0.15, 0.2) is 0 Å². The molecule has 7 heteroatoms. The van der Waals surface area contributed by atoms with E-state index in [9.17, 15) is 10.4 Å². The van der Waals surface area contributed by atoms with Gasteiger partial charge in [-0.3, -0.25) is 4.90 Å². The second kappa shape index (κ2) is 10.8. The molecule has 0 saturated carbocycles. The Bertz CT molecular complexity index is 635. The van der Waals surface area contributed by atoms with Crippen LogP contribution in [0.4, 0.5) is 0 Å². The molecule has 0 radical (unpaired) electrons. The molecule has 3 rings (SSSR count). The summed E-state index contributed by atoms with van der Waals surface area (Å²) in [6.45, 7) is 17.9. The Kier molecular flexibility index (Phi) is 8.18. The molecule has 0 spiro atoms. The second-order valence-electron chi connectivity index (χ2n) is 8.62. The fourth-order valence-corrected chi connectivity index (χ4v) is 5.16. The van der Waals surface area contributed by atoms with E-state index in [0.29, 0.717) is 12.1 Å². The molecule has 0 aliphatic carbocycles. The van der Waals surface area contributed by atoms with Gasteiger partial charge in [0.05, 0.1) is 19.2 Å². The number of rotatable bonds is 9. The monoisotopic (exact) mass is 400 g/mol. The van der Waals surface area contributed by atoms with Gasteiger partial charge in [0.1, 0.15) is 5.82 Å². The molecule has 0 aromatic rings. The number of aliphatic hydroxyl groups excluding tert-OH is 1. The fourth-order valence-electron chi connectivity index (χ4n) is 5.16. The molecule has 1 unspecified atom stereocenters. The molecule has 3 heterocycles. The SMILES string of the molecule is [C-]#[N+]C(C#N)=C1N(CCCN2CCCC2C)CCN1CCCN1CCC[C@@H]1CO. The van der Waals surface area contributed by atoms with Gasteiger partial charge in [-0.1, -0.05) is 0 Å². The van der Waals surface area contributed by atoms with Crippen LogP contribution in [0.25, 0.3) is 4.85 Å². The van der Waals surface area contributed by atoms with Crippen molar-refractivity contribution in [2.24, 2.45) is 0 Å². The molecule has 0 bridgehead atoms. The molecule has 3 aliphatic heterocycles. The first-order valence-corrected chi connectivity index (χ1v) is 11.3. The highest BCUT2D eigenvalue weighted by Gasteiger charge is 2.29. The summed E-state index contributed by atoms with van der Waals surface area (Å²) in [6, 6.07) is 3.13. The summed E-state index contributed by atoms with van der Waals surface area (Å²) in [6.07, 6.45) is 6.92. The molecule has 3 fully saturated rings. The first-order valence-electron chi connectivity index (χ1n) is 11.3. The third kappa shape index (κ3) is 5.42. The Labute approximate surface area is 176 Å². The maximum Gasteiger partial charge on any atom is 0.300 e. The van der Waals surface area contributed by atoms with E-state index in [1.807, 2.05) is 0 Å². The van der Waals surface area contributed by atoms with Crippen molar-refractivity contribution in [3.05, 3.63) is 22.9 Å². The summed E-state index contributed by atoms with van der Waals surface area (Å²) >= 11 is 0. The maximum atomic E-state index is 9.50. The third-order valence-electron chi connectivity index (χ3n) is 6.82. The standard InChI is InChI=1S/C22H36N6O/c1-19-7-3-9-25(19)11-5-13-27-15-16-28(22(27)21(17-23)24-2)14-6-12-26-10-4-8-20(26)18-29/h19-20,29H,3-16,18H2,1H3/t19?,20-/m1/s1. The Morgan fingerprint density at radius 3 is 2.21 bits per heavy atom. The van der Waals surface area contributed by atoms with Gasteiger partial charge in [0.25, 0.3) is 0 Å². The summed E-state index contributed by atoms with van der Waals surface area (Å²) < 4.78 is 0. The highest BCUT2D eigenvalue weighted by molar-refractivity contribution is 5.33.